The number of alkyl halides is 5. The molecule has 0 aliphatic rings. The molecule has 0 unspecified atom stereocenters. The fraction of sp³-hybridized carbons (Fsp3) is 0.250. The molecular weight excluding hydrogens is 315 g/mol. The van der Waals surface area contributed by atoms with Gasteiger partial charge in [0.15, 0.2) is 5.75 Å². The summed E-state index contributed by atoms with van der Waals surface area (Å²) >= 11 is 2.67. The van der Waals surface area contributed by atoms with Gasteiger partial charge in [0.1, 0.15) is 16.2 Å². The Morgan fingerprint density at radius 1 is 1.41 bits per heavy atom. The summed E-state index contributed by atoms with van der Waals surface area (Å²) in [5, 5.41) is 8.59. The summed E-state index contributed by atoms with van der Waals surface area (Å²) in [6.45, 7) is 0. The Labute approximate surface area is 99.9 Å². The molecule has 0 aromatic carbocycles. The van der Waals surface area contributed by atoms with Crippen molar-refractivity contribution in [1.29, 1.82) is 5.26 Å². The van der Waals surface area contributed by atoms with Gasteiger partial charge in [-0.2, -0.15) is 5.26 Å². The summed E-state index contributed by atoms with van der Waals surface area (Å²) in [6.07, 6.45) is -7.90. The summed E-state index contributed by atoms with van der Waals surface area (Å²) in [5.41, 5.74) is -1.83. The van der Waals surface area contributed by atoms with Crippen LogP contribution in [0.15, 0.2) is 10.8 Å². The summed E-state index contributed by atoms with van der Waals surface area (Å²) in [6, 6.07) is 1.31. The van der Waals surface area contributed by atoms with Crippen molar-refractivity contribution >= 4 is 15.9 Å². The van der Waals surface area contributed by atoms with Crippen LogP contribution in [0.1, 0.15) is 17.6 Å². The van der Waals surface area contributed by atoms with E-state index in [1.807, 2.05) is 0 Å². The average Bonchev–Trinajstić information content (AvgIpc) is 2.15. The number of hydrogen-bond acceptors (Lipinski definition) is 3. The highest BCUT2D eigenvalue weighted by atomic mass is 79.9. The SMILES string of the molecule is N#Cc1c(Br)ncc(C(F)F)c1OC(F)(F)F. The molecule has 0 bridgehead atoms. The lowest BCUT2D eigenvalue weighted by Gasteiger charge is -2.14. The quantitative estimate of drug-likeness (QED) is 0.619. The standard InChI is InChI=1S/C8H2BrF5N2O/c9-6-3(1-15)5(17-8(12,13)14)4(2-16-6)7(10)11/h2,7H. The Bertz CT molecular complexity index is 468. The molecule has 0 spiro atoms. The predicted octanol–water partition coefficient (Wildman–Crippen LogP) is 3.55. The first kappa shape index (κ1) is 13.6. The lowest BCUT2D eigenvalue weighted by molar-refractivity contribution is -0.275. The van der Waals surface area contributed by atoms with E-state index in [-0.39, 0.29) is 4.60 Å². The minimum Gasteiger partial charge on any atom is -0.404 e. The number of pyridine rings is 1. The third-order valence-corrected chi connectivity index (χ3v) is 2.18. The zero-order chi connectivity index (χ0) is 13.2. The number of nitrogens with zero attached hydrogens (tertiary/aromatic N) is 2. The van der Waals surface area contributed by atoms with E-state index in [1.54, 1.807) is 0 Å². The third-order valence-electron chi connectivity index (χ3n) is 1.58. The predicted molar refractivity (Wildman–Crippen MR) is 48.3 cm³/mol. The second kappa shape index (κ2) is 4.83. The highest BCUT2D eigenvalue weighted by molar-refractivity contribution is 9.10. The van der Waals surface area contributed by atoms with Gasteiger partial charge in [0.25, 0.3) is 6.43 Å². The van der Waals surface area contributed by atoms with E-state index >= 15 is 0 Å². The maximum atomic E-state index is 12.4. The van der Waals surface area contributed by atoms with E-state index in [0.717, 1.165) is 0 Å². The summed E-state index contributed by atoms with van der Waals surface area (Å²) in [7, 11) is 0. The van der Waals surface area contributed by atoms with Gasteiger partial charge in [0, 0.05) is 6.20 Å². The van der Waals surface area contributed by atoms with Gasteiger partial charge in [-0.1, -0.05) is 0 Å². The molecule has 0 fully saturated rings. The summed E-state index contributed by atoms with van der Waals surface area (Å²) in [4.78, 5) is 3.33. The van der Waals surface area contributed by atoms with Crippen LogP contribution in [0.3, 0.4) is 0 Å². The zero-order valence-corrected chi connectivity index (χ0v) is 9.31. The molecule has 0 aliphatic heterocycles. The average molecular weight is 317 g/mol. The second-order valence-corrected chi connectivity index (χ2v) is 3.42. The van der Waals surface area contributed by atoms with E-state index < -0.39 is 29.7 Å². The Hall–Kier alpha value is -1.43. The van der Waals surface area contributed by atoms with Crippen LogP contribution in [0.2, 0.25) is 0 Å². The van der Waals surface area contributed by atoms with E-state index in [1.165, 1.54) is 6.07 Å². The number of aromatic nitrogens is 1. The van der Waals surface area contributed by atoms with Crippen molar-refractivity contribution in [2.75, 3.05) is 0 Å². The summed E-state index contributed by atoms with van der Waals surface area (Å²) in [5.74, 6) is -1.24. The monoisotopic (exact) mass is 316 g/mol. The van der Waals surface area contributed by atoms with E-state index in [4.69, 9.17) is 5.26 Å². The molecule has 9 heteroatoms. The van der Waals surface area contributed by atoms with Crippen LogP contribution in [0.4, 0.5) is 22.0 Å². The maximum Gasteiger partial charge on any atom is 0.573 e. The van der Waals surface area contributed by atoms with Crippen LogP contribution in [-0.4, -0.2) is 11.3 Å². The van der Waals surface area contributed by atoms with E-state index in [9.17, 15) is 22.0 Å². The molecule has 17 heavy (non-hydrogen) atoms. The van der Waals surface area contributed by atoms with Gasteiger partial charge < -0.3 is 4.74 Å². The molecule has 1 heterocycles. The fourth-order valence-electron chi connectivity index (χ4n) is 0.965. The van der Waals surface area contributed by atoms with Crippen LogP contribution in [0, 0.1) is 11.3 Å². The van der Waals surface area contributed by atoms with Gasteiger partial charge in [0.05, 0.1) is 5.56 Å². The first-order valence-electron chi connectivity index (χ1n) is 3.88. The molecule has 0 atom stereocenters. The Kier molecular flexibility index (Phi) is 3.87. The molecule has 1 aromatic heterocycles. The summed E-state index contributed by atoms with van der Waals surface area (Å²) < 4.78 is 64.1. The van der Waals surface area contributed by atoms with Crippen molar-refractivity contribution in [3.8, 4) is 11.8 Å². The maximum absolute atomic E-state index is 12.4. The van der Waals surface area contributed by atoms with Gasteiger partial charge in [-0.3, -0.25) is 0 Å². The van der Waals surface area contributed by atoms with Crippen molar-refractivity contribution in [2.24, 2.45) is 0 Å². The number of nitriles is 1. The highest BCUT2D eigenvalue weighted by Gasteiger charge is 2.35. The van der Waals surface area contributed by atoms with Gasteiger partial charge in [0.2, 0.25) is 0 Å². The Morgan fingerprint density at radius 2 is 2.00 bits per heavy atom. The number of ether oxygens (including phenoxy) is 1. The smallest absolute Gasteiger partial charge is 0.404 e. The van der Waals surface area contributed by atoms with Gasteiger partial charge in [-0.05, 0) is 15.9 Å². The topological polar surface area (TPSA) is 45.9 Å². The third kappa shape index (κ3) is 3.26. The van der Waals surface area contributed by atoms with Crippen LogP contribution in [0.5, 0.6) is 5.75 Å². The van der Waals surface area contributed by atoms with Crippen LogP contribution >= 0.6 is 15.9 Å². The van der Waals surface area contributed by atoms with E-state index in [0.29, 0.717) is 6.20 Å². The molecule has 0 aliphatic carbocycles. The van der Waals surface area contributed by atoms with Crippen molar-refractivity contribution in [3.63, 3.8) is 0 Å². The van der Waals surface area contributed by atoms with Crippen molar-refractivity contribution < 1.29 is 26.7 Å². The number of halogens is 6. The molecular formula is C8H2BrF5N2O. The fourth-order valence-corrected chi connectivity index (χ4v) is 1.34. The second-order valence-electron chi connectivity index (χ2n) is 2.67. The van der Waals surface area contributed by atoms with Gasteiger partial charge >= 0.3 is 6.36 Å². The lowest BCUT2D eigenvalue weighted by Crippen LogP contribution is -2.19. The minimum atomic E-state index is -5.17. The lowest BCUT2D eigenvalue weighted by atomic mass is 10.2. The molecule has 3 nitrogen and oxygen atoms in total. The number of rotatable bonds is 2. The van der Waals surface area contributed by atoms with Crippen molar-refractivity contribution in [2.45, 2.75) is 12.8 Å². The molecule has 92 valence electrons. The molecule has 0 N–H and O–H groups in total. The van der Waals surface area contributed by atoms with Crippen LogP contribution in [0.25, 0.3) is 0 Å². The molecule has 1 aromatic rings. The first-order chi connectivity index (χ1) is 7.76. The van der Waals surface area contributed by atoms with Gasteiger partial charge in [-0.15, -0.1) is 13.2 Å². The van der Waals surface area contributed by atoms with Crippen molar-refractivity contribution in [3.05, 3.63) is 21.9 Å². The normalized spacial score (nSPS) is 11.4. The highest BCUT2D eigenvalue weighted by Crippen LogP contribution is 2.37. The van der Waals surface area contributed by atoms with Crippen LogP contribution in [-0.2, 0) is 0 Å². The Balaban J connectivity index is 3.41. The van der Waals surface area contributed by atoms with Gasteiger partial charge in [-0.25, -0.2) is 13.8 Å². The largest absolute Gasteiger partial charge is 0.573 e. The molecule has 0 saturated heterocycles. The Morgan fingerprint density at radius 3 is 2.41 bits per heavy atom. The molecule has 1 rings (SSSR count). The zero-order valence-electron chi connectivity index (χ0n) is 7.73. The molecule has 0 radical (unpaired) electrons. The molecule has 0 saturated carbocycles. The first-order valence-corrected chi connectivity index (χ1v) is 4.68. The van der Waals surface area contributed by atoms with Crippen molar-refractivity contribution in [1.82, 2.24) is 4.98 Å². The molecule has 0 amide bonds. The van der Waals surface area contributed by atoms with E-state index in [2.05, 4.69) is 25.7 Å². The minimum absolute atomic E-state index is 0.302. The van der Waals surface area contributed by atoms with Crippen LogP contribution < -0.4 is 4.74 Å². The number of hydrogen-bond donors (Lipinski definition) is 0.